The van der Waals surface area contributed by atoms with Crippen LogP contribution in [0.4, 0.5) is 5.69 Å². The summed E-state index contributed by atoms with van der Waals surface area (Å²) in [7, 11) is 1.74. The molecule has 1 aliphatic rings. The van der Waals surface area contributed by atoms with Crippen LogP contribution in [0.3, 0.4) is 0 Å². The molecule has 8 heteroatoms. The second-order valence-corrected chi connectivity index (χ2v) is 7.67. The second kappa shape index (κ2) is 9.67. The van der Waals surface area contributed by atoms with E-state index in [-0.39, 0.29) is 37.7 Å². The van der Waals surface area contributed by atoms with E-state index >= 15 is 0 Å². The molecule has 0 fully saturated rings. The van der Waals surface area contributed by atoms with E-state index in [0.29, 0.717) is 11.5 Å². The molecule has 1 atom stereocenters. The van der Waals surface area contributed by atoms with Crippen LogP contribution in [0.25, 0.3) is 0 Å². The van der Waals surface area contributed by atoms with Gasteiger partial charge in [0.25, 0.3) is 0 Å². The monoisotopic (exact) mass is 415 g/mol. The number of nitrogens with one attached hydrogen (secondary N) is 2. The van der Waals surface area contributed by atoms with Gasteiger partial charge in [-0.25, -0.2) is 0 Å². The maximum Gasteiger partial charge on any atom is 0.238 e. The molecular weight excluding hydrogens is 390 g/mol. The van der Waals surface area contributed by atoms with Crippen LogP contribution in [0.5, 0.6) is 11.5 Å². The van der Waals surface area contributed by atoms with E-state index in [1.54, 1.807) is 23.7 Å². The Labute approximate surface area is 174 Å². The summed E-state index contributed by atoms with van der Waals surface area (Å²) >= 11 is 1.57. The number of hydrogen-bond acceptors (Lipinski definition) is 6. The van der Waals surface area contributed by atoms with E-state index in [4.69, 9.17) is 9.47 Å². The number of carbonyl (C=O) groups excluding carboxylic acids is 2. The third-order valence-electron chi connectivity index (χ3n) is 4.48. The van der Waals surface area contributed by atoms with Gasteiger partial charge in [-0.2, -0.15) is 0 Å². The number of carbonyl (C=O) groups is 2. The first-order chi connectivity index (χ1) is 14.0. The molecule has 154 valence electrons. The fourth-order valence-corrected chi connectivity index (χ4v) is 3.59. The lowest BCUT2D eigenvalue weighted by Gasteiger charge is -2.19. The van der Waals surface area contributed by atoms with Gasteiger partial charge < -0.3 is 20.1 Å². The second-order valence-electron chi connectivity index (χ2n) is 6.82. The highest BCUT2D eigenvalue weighted by molar-refractivity contribution is 7.98. The van der Waals surface area contributed by atoms with Gasteiger partial charge in [-0.15, -0.1) is 11.8 Å². The van der Waals surface area contributed by atoms with Crippen molar-refractivity contribution in [3.05, 3.63) is 48.0 Å². The summed E-state index contributed by atoms with van der Waals surface area (Å²) < 4.78 is 10.7. The number of hydrogen-bond donors (Lipinski definition) is 2. The average Bonchev–Trinajstić information content (AvgIpc) is 3.15. The van der Waals surface area contributed by atoms with Crippen LogP contribution in [-0.4, -0.2) is 49.9 Å². The van der Waals surface area contributed by atoms with Crippen molar-refractivity contribution in [2.24, 2.45) is 0 Å². The number of thioether (sulfide) groups is 1. The number of ether oxygens (including phenoxy) is 2. The number of para-hydroxylation sites is 1. The van der Waals surface area contributed by atoms with Gasteiger partial charge in [0.2, 0.25) is 18.6 Å². The molecule has 1 aliphatic heterocycles. The lowest BCUT2D eigenvalue weighted by Crippen LogP contribution is -2.39. The number of nitrogens with zero attached hydrogens (tertiary/aromatic N) is 1. The Kier molecular flexibility index (Phi) is 7.00. The summed E-state index contributed by atoms with van der Waals surface area (Å²) in [5.41, 5.74) is 1.70. The molecular formula is C21H25N3O4S. The van der Waals surface area contributed by atoms with Crippen molar-refractivity contribution in [2.75, 3.05) is 38.5 Å². The topological polar surface area (TPSA) is 79.9 Å². The van der Waals surface area contributed by atoms with Crippen molar-refractivity contribution in [3.8, 4) is 11.5 Å². The van der Waals surface area contributed by atoms with Gasteiger partial charge in [0.15, 0.2) is 11.5 Å². The van der Waals surface area contributed by atoms with Crippen LogP contribution in [0.2, 0.25) is 0 Å². The summed E-state index contributed by atoms with van der Waals surface area (Å²) in [6, 6.07) is 13.0. The van der Waals surface area contributed by atoms with Crippen LogP contribution in [0, 0.1) is 0 Å². The van der Waals surface area contributed by atoms with Crippen molar-refractivity contribution >= 4 is 29.3 Å². The summed E-state index contributed by atoms with van der Waals surface area (Å²) in [5, 5.41) is 5.84. The maximum atomic E-state index is 12.4. The van der Waals surface area contributed by atoms with Crippen molar-refractivity contribution in [1.82, 2.24) is 10.2 Å². The smallest absolute Gasteiger partial charge is 0.238 e. The van der Waals surface area contributed by atoms with E-state index in [0.717, 1.165) is 16.1 Å². The zero-order valence-electron chi connectivity index (χ0n) is 16.7. The average molecular weight is 416 g/mol. The molecule has 0 aromatic heterocycles. The molecule has 0 unspecified atom stereocenters. The highest BCUT2D eigenvalue weighted by atomic mass is 32.2. The summed E-state index contributed by atoms with van der Waals surface area (Å²) in [6.07, 6.45) is 1.96. The van der Waals surface area contributed by atoms with Crippen LogP contribution >= 0.6 is 11.8 Å². The molecule has 0 spiro atoms. The standard InChI is InChI=1S/C21H25N3O4S/c1-14(15-8-9-17-18(10-15)28-13-27-17)22-20(25)11-24(2)12-21(26)23-16-6-4-5-7-19(16)29-3/h4-10,14H,11-13H2,1-3H3,(H,22,25)(H,23,26)/t14-/m1/s1. The number of anilines is 1. The molecule has 1 heterocycles. The molecule has 2 amide bonds. The zero-order chi connectivity index (χ0) is 20.8. The first-order valence-corrected chi connectivity index (χ1v) is 10.5. The molecule has 2 aromatic carbocycles. The van der Waals surface area contributed by atoms with E-state index in [9.17, 15) is 9.59 Å². The molecule has 3 rings (SSSR count). The highest BCUT2D eigenvalue weighted by Gasteiger charge is 2.18. The van der Waals surface area contributed by atoms with Gasteiger partial charge >= 0.3 is 0 Å². The van der Waals surface area contributed by atoms with Gasteiger partial charge in [-0.3, -0.25) is 14.5 Å². The van der Waals surface area contributed by atoms with Gasteiger partial charge in [-0.1, -0.05) is 18.2 Å². The Balaban J connectivity index is 1.48. The molecule has 0 saturated carbocycles. The van der Waals surface area contributed by atoms with Crippen molar-refractivity contribution in [2.45, 2.75) is 17.9 Å². The van der Waals surface area contributed by atoms with Crippen molar-refractivity contribution in [3.63, 3.8) is 0 Å². The third kappa shape index (κ3) is 5.65. The van der Waals surface area contributed by atoms with E-state index in [2.05, 4.69) is 10.6 Å². The number of rotatable bonds is 8. The molecule has 2 aromatic rings. The molecule has 29 heavy (non-hydrogen) atoms. The van der Waals surface area contributed by atoms with Gasteiger partial charge in [-0.05, 0) is 50.1 Å². The van der Waals surface area contributed by atoms with E-state index < -0.39 is 0 Å². The van der Waals surface area contributed by atoms with E-state index in [1.807, 2.05) is 55.6 Å². The van der Waals surface area contributed by atoms with Gasteiger partial charge in [0, 0.05) is 4.90 Å². The minimum atomic E-state index is -0.187. The minimum Gasteiger partial charge on any atom is -0.454 e. The fourth-order valence-electron chi connectivity index (χ4n) is 3.04. The molecule has 0 saturated heterocycles. The van der Waals surface area contributed by atoms with Gasteiger partial charge in [0.05, 0.1) is 24.8 Å². The molecule has 0 aliphatic carbocycles. The van der Waals surface area contributed by atoms with Crippen LogP contribution in [-0.2, 0) is 9.59 Å². The van der Waals surface area contributed by atoms with Crippen LogP contribution < -0.4 is 20.1 Å². The molecule has 2 N–H and O–H groups in total. The minimum absolute atomic E-state index is 0.118. The highest BCUT2D eigenvalue weighted by Crippen LogP contribution is 2.34. The Morgan fingerprint density at radius 3 is 2.62 bits per heavy atom. The Hall–Kier alpha value is -2.71. The van der Waals surface area contributed by atoms with E-state index in [1.165, 1.54) is 0 Å². The fraction of sp³-hybridized carbons (Fsp3) is 0.333. The maximum absolute atomic E-state index is 12.4. The van der Waals surface area contributed by atoms with Crippen molar-refractivity contribution in [1.29, 1.82) is 0 Å². The normalized spacial score (nSPS) is 13.2. The zero-order valence-corrected chi connectivity index (χ0v) is 17.5. The third-order valence-corrected chi connectivity index (χ3v) is 5.28. The number of amides is 2. The number of likely N-dealkylation sites (N-methyl/N-ethyl adjacent to an activating group) is 1. The summed E-state index contributed by atoms with van der Waals surface area (Å²) in [4.78, 5) is 27.4. The SMILES string of the molecule is CSc1ccccc1NC(=O)CN(C)CC(=O)N[C@H](C)c1ccc2c(c1)OCO2. The number of fused-ring (bicyclic) bond motifs is 1. The van der Waals surface area contributed by atoms with Gasteiger partial charge in [0.1, 0.15) is 0 Å². The predicted octanol–water partition coefficient (Wildman–Crippen LogP) is 2.88. The van der Waals surface area contributed by atoms with Crippen molar-refractivity contribution < 1.29 is 19.1 Å². The summed E-state index contributed by atoms with van der Waals surface area (Å²) in [6.45, 7) is 2.36. The number of benzene rings is 2. The largest absolute Gasteiger partial charge is 0.454 e. The Bertz CT molecular complexity index is 890. The lowest BCUT2D eigenvalue weighted by atomic mass is 10.1. The Morgan fingerprint density at radius 2 is 1.83 bits per heavy atom. The first kappa shape index (κ1) is 21.0. The predicted molar refractivity (Wildman–Crippen MR) is 113 cm³/mol. The lowest BCUT2D eigenvalue weighted by molar-refractivity contribution is -0.123. The van der Waals surface area contributed by atoms with Crippen LogP contribution in [0.1, 0.15) is 18.5 Å². The van der Waals surface area contributed by atoms with Crippen LogP contribution in [0.15, 0.2) is 47.4 Å². The Morgan fingerprint density at radius 1 is 1.10 bits per heavy atom. The summed E-state index contributed by atoms with van der Waals surface area (Å²) in [5.74, 6) is 1.07. The molecule has 0 radical (unpaired) electrons. The molecule has 0 bridgehead atoms. The molecule has 7 nitrogen and oxygen atoms in total. The quantitative estimate of drug-likeness (QED) is 0.646. The first-order valence-electron chi connectivity index (χ1n) is 9.26.